The van der Waals surface area contributed by atoms with E-state index in [1.54, 1.807) is 31.3 Å². The standard InChI is InChI=1S/C23H28N6O5S2/c1-4-13-10-16-14(5-7-25-20(16)24)9-15(13)11-18(22(31)32)28-8-6-17(21(28)30)29(36(33)34)19-12-26-23(35-19)27(2)3/h5,7,9-10,12,17-18H,4,6,8,11H2,1-3H3,(H2,24,25)(H,31,32)(H,33,34)/p-1/t17-,18+/m0/s1. The third-order valence-electron chi connectivity index (χ3n) is 6.31. The van der Waals surface area contributed by atoms with Crippen molar-refractivity contribution >= 4 is 61.2 Å². The number of carbonyl (C=O) groups excluding carboxylic acids is 1. The van der Waals surface area contributed by atoms with Gasteiger partial charge in [0.25, 0.3) is 0 Å². The number of nitrogens with two attached hydrogens (primary N) is 1. The number of likely N-dealkylation sites (tertiary alicyclic amines) is 1. The lowest BCUT2D eigenvalue weighted by molar-refractivity contribution is -0.148. The predicted molar refractivity (Wildman–Crippen MR) is 139 cm³/mol. The molecule has 192 valence electrons. The minimum atomic E-state index is -2.74. The number of fused-ring (bicyclic) bond motifs is 1. The molecule has 3 aromatic rings. The Kier molecular flexibility index (Phi) is 7.43. The van der Waals surface area contributed by atoms with Gasteiger partial charge < -0.3 is 25.2 Å². The number of anilines is 3. The van der Waals surface area contributed by atoms with E-state index in [2.05, 4.69) is 9.97 Å². The highest BCUT2D eigenvalue weighted by molar-refractivity contribution is 7.81. The van der Waals surface area contributed by atoms with Gasteiger partial charge in [0.1, 0.15) is 22.9 Å². The van der Waals surface area contributed by atoms with Crippen molar-refractivity contribution in [1.29, 1.82) is 0 Å². The van der Waals surface area contributed by atoms with E-state index >= 15 is 0 Å². The van der Waals surface area contributed by atoms with Crippen LogP contribution in [-0.2, 0) is 33.7 Å². The number of thiazole rings is 1. The van der Waals surface area contributed by atoms with Gasteiger partial charge in [0, 0.05) is 49.9 Å². The Hall–Kier alpha value is -3.29. The maximum Gasteiger partial charge on any atom is 0.326 e. The average Bonchev–Trinajstić information content (AvgIpc) is 3.45. The Labute approximate surface area is 215 Å². The Morgan fingerprint density at radius 1 is 1.36 bits per heavy atom. The number of carbonyl (C=O) groups is 2. The topological polar surface area (TPSA) is 156 Å². The highest BCUT2D eigenvalue weighted by Gasteiger charge is 2.43. The number of amides is 1. The van der Waals surface area contributed by atoms with Gasteiger partial charge in [-0.2, -0.15) is 0 Å². The molecule has 2 aromatic heterocycles. The first-order valence-corrected chi connectivity index (χ1v) is 13.2. The molecule has 3 heterocycles. The molecule has 13 heteroatoms. The summed E-state index contributed by atoms with van der Waals surface area (Å²) in [7, 11) is 3.56. The summed E-state index contributed by atoms with van der Waals surface area (Å²) in [5.41, 5.74) is 7.72. The second-order valence-corrected chi connectivity index (χ2v) is 10.5. The predicted octanol–water partition coefficient (Wildman–Crippen LogP) is 1.80. The van der Waals surface area contributed by atoms with Crippen LogP contribution in [0.4, 0.5) is 16.0 Å². The molecule has 36 heavy (non-hydrogen) atoms. The number of pyridine rings is 1. The van der Waals surface area contributed by atoms with E-state index in [0.29, 0.717) is 22.4 Å². The monoisotopic (exact) mass is 531 g/mol. The fourth-order valence-corrected chi connectivity index (χ4v) is 6.19. The zero-order valence-electron chi connectivity index (χ0n) is 20.1. The first-order chi connectivity index (χ1) is 17.1. The van der Waals surface area contributed by atoms with Crippen molar-refractivity contribution in [3.63, 3.8) is 0 Å². The summed E-state index contributed by atoms with van der Waals surface area (Å²) in [5.74, 6) is -1.30. The first kappa shape index (κ1) is 25.8. The second kappa shape index (κ2) is 10.4. The van der Waals surface area contributed by atoms with Gasteiger partial charge in [-0.3, -0.25) is 13.3 Å². The highest BCUT2D eigenvalue weighted by atomic mass is 32.2. The van der Waals surface area contributed by atoms with Gasteiger partial charge in [0.2, 0.25) is 5.91 Å². The lowest BCUT2D eigenvalue weighted by atomic mass is 9.94. The van der Waals surface area contributed by atoms with E-state index in [9.17, 15) is 23.5 Å². The third kappa shape index (κ3) is 4.86. The first-order valence-electron chi connectivity index (χ1n) is 11.3. The normalized spacial score (nSPS) is 17.4. The van der Waals surface area contributed by atoms with Crippen molar-refractivity contribution in [2.75, 3.05) is 35.6 Å². The van der Waals surface area contributed by atoms with E-state index in [1.807, 2.05) is 19.1 Å². The van der Waals surface area contributed by atoms with Crippen molar-refractivity contribution < 1.29 is 23.5 Å². The Morgan fingerprint density at radius 2 is 2.11 bits per heavy atom. The van der Waals surface area contributed by atoms with Gasteiger partial charge in [0.15, 0.2) is 5.13 Å². The molecule has 0 aliphatic carbocycles. The number of aliphatic carboxylic acids is 1. The lowest BCUT2D eigenvalue weighted by Gasteiger charge is -2.31. The molecule has 3 atom stereocenters. The smallest absolute Gasteiger partial charge is 0.326 e. The zero-order chi connectivity index (χ0) is 26.1. The number of hydrogen-bond acceptors (Lipinski definition) is 9. The number of nitrogens with zero attached hydrogens (tertiary/aromatic N) is 5. The maximum absolute atomic E-state index is 13.4. The van der Waals surface area contributed by atoms with Gasteiger partial charge in [-0.05, 0) is 41.5 Å². The van der Waals surface area contributed by atoms with E-state index in [4.69, 9.17) is 5.73 Å². The molecule has 3 N–H and O–H groups in total. The molecular weight excluding hydrogens is 504 g/mol. The van der Waals surface area contributed by atoms with Gasteiger partial charge in [-0.15, -0.1) is 0 Å². The van der Waals surface area contributed by atoms with Crippen molar-refractivity contribution in [1.82, 2.24) is 14.9 Å². The Bertz CT molecular complexity index is 1330. The lowest BCUT2D eigenvalue weighted by Crippen LogP contribution is -2.48. The molecule has 1 fully saturated rings. The summed E-state index contributed by atoms with van der Waals surface area (Å²) in [5, 5.41) is 12.6. The zero-order valence-corrected chi connectivity index (χ0v) is 21.7. The Balaban J connectivity index is 1.63. The summed E-state index contributed by atoms with van der Waals surface area (Å²) in [4.78, 5) is 37.1. The highest BCUT2D eigenvalue weighted by Crippen LogP contribution is 2.34. The molecule has 4 rings (SSSR count). The van der Waals surface area contributed by atoms with E-state index in [-0.39, 0.29) is 19.4 Å². The van der Waals surface area contributed by atoms with Crippen LogP contribution in [0.1, 0.15) is 24.5 Å². The van der Waals surface area contributed by atoms with Gasteiger partial charge in [0.05, 0.1) is 6.20 Å². The van der Waals surface area contributed by atoms with Gasteiger partial charge in [-0.25, -0.2) is 14.8 Å². The van der Waals surface area contributed by atoms with Crippen LogP contribution in [0.5, 0.6) is 0 Å². The van der Waals surface area contributed by atoms with E-state index in [1.165, 1.54) is 11.1 Å². The molecule has 1 aliphatic heterocycles. The van der Waals surface area contributed by atoms with Crippen LogP contribution in [-0.4, -0.2) is 73.3 Å². The minimum absolute atomic E-state index is 0.0843. The molecule has 0 spiro atoms. The molecule has 1 aliphatic rings. The number of rotatable bonds is 9. The van der Waals surface area contributed by atoms with Gasteiger partial charge in [-0.1, -0.05) is 24.3 Å². The van der Waals surface area contributed by atoms with Crippen LogP contribution in [0.3, 0.4) is 0 Å². The quantitative estimate of drug-likeness (QED) is 0.393. The number of carboxylic acid groups (broad SMARTS) is 1. The second-order valence-electron chi connectivity index (χ2n) is 8.70. The van der Waals surface area contributed by atoms with Crippen molar-refractivity contribution in [2.24, 2.45) is 0 Å². The summed E-state index contributed by atoms with van der Waals surface area (Å²) in [6, 6.07) is 3.42. The van der Waals surface area contributed by atoms with E-state index in [0.717, 1.165) is 37.5 Å². The summed E-state index contributed by atoms with van der Waals surface area (Å²) in [6.07, 6.45) is 3.90. The Morgan fingerprint density at radius 3 is 2.72 bits per heavy atom. The van der Waals surface area contributed by atoms with Crippen LogP contribution in [0.15, 0.2) is 30.6 Å². The third-order valence-corrected chi connectivity index (χ3v) is 8.36. The van der Waals surface area contributed by atoms with Crippen LogP contribution in [0.2, 0.25) is 0 Å². The van der Waals surface area contributed by atoms with Crippen LogP contribution in [0, 0.1) is 0 Å². The molecule has 1 aromatic carbocycles. The maximum atomic E-state index is 13.4. The molecule has 0 radical (unpaired) electrons. The number of aromatic nitrogens is 2. The fourth-order valence-electron chi connectivity index (χ4n) is 4.50. The van der Waals surface area contributed by atoms with Crippen LogP contribution >= 0.6 is 11.3 Å². The molecular formula is C23H27N6O5S2-. The molecule has 1 amide bonds. The summed E-state index contributed by atoms with van der Waals surface area (Å²) in [6.45, 7) is 2.09. The van der Waals surface area contributed by atoms with Crippen molar-refractivity contribution in [2.45, 2.75) is 38.3 Å². The molecule has 11 nitrogen and oxygen atoms in total. The SMILES string of the molecule is CCc1cc2c(N)nccc2cc1C[C@H](C(=O)O)N1CC[C@H](N(c2cnc(N(C)C)s2)S(=O)[O-])C1=O. The molecule has 1 saturated heterocycles. The largest absolute Gasteiger partial charge is 0.755 e. The molecule has 0 saturated carbocycles. The minimum Gasteiger partial charge on any atom is -0.755 e. The number of aryl methyl sites for hydroxylation is 1. The van der Waals surface area contributed by atoms with Crippen molar-refractivity contribution in [3.05, 3.63) is 41.7 Å². The van der Waals surface area contributed by atoms with Crippen LogP contribution in [0.25, 0.3) is 10.8 Å². The summed E-state index contributed by atoms with van der Waals surface area (Å²) < 4.78 is 25.3. The number of carboxylic acids is 1. The fraction of sp³-hybridized carbons (Fsp3) is 0.391. The van der Waals surface area contributed by atoms with Crippen molar-refractivity contribution in [3.8, 4) is 0 Å². The number of benzene rings is 1. The summed E-state index contributed by atoms with van der Waals surface area (Å²) >= 11 is -1.60. The number of hydrogen-bond donors (Lipinski definition) is 2. The molecule has 0 bridgehead atoms. The molecule has 1 unspecified atom stereocenters. The average molecular weight is 532 g/mol. The number of nitrogen functional groups attached to an aromatic ring is 1. The van der Waals surface area contributed by atoms with Crippen LogP contribution < -0.4 is 14.9 Å². The van der Waals surface area contributed by atoms with E-state index < -0.39 is 35.2 Å². The van der Waals surface area contributed by atoms with Gasteiger partial charge >= 0.3 is 5.97 Å².